The quantitative estimate of drug-likeness (QED) is 0.412. The number of ether oxygens (including phenoxy) is 1. The molecule has 11 nitrogen and oxygen atoms in total. The average Bonchev–Trinajstić information content (AvgIpc) is 2.91. The Bertz CT molecular complexity index is 1470. The molecular formula is C25H28F3N7O4S. The third-order valence-corrected chi connectivity index (χ3v) is 7.39. The van der Waals surface area contributed by atoms with Crippen molar-refractivity contribution in [3.05, 3.63) is 65.5 Å². The minimum atomic E-state index is -4.75. The predicted octanol–water partition coefficient (Wildman–Crippen LogP) is 3.50. The van der Waals surface area contributed by atoms with Crippen LogP contribution in [0.3, 0.4) is 0 Å². The van der Waals surface area contributed by atoms with Crippen LogP contribution in [0.25, 0.3) is 0 Å². The van der Waals surface area contributed by atoms with Crippen molar-refractivity contribution in [3.63, 3.8) is 0 Å². The number of carbonyl (C=O) groups excluding carboxylic acids is 1. The van der Waals surface area contributed by atoms with Gasteiger partial charge in [0.15, 0.2) is 0 Å². The van der Waals surface area contributed by atoms with Crippen molar-refractivity contribution < 1.29 is 31.1 Å². The molecule has 1 fully saturated rings. The van der Waals surface area contributed by atoms with Crippen LogP contribution in [0.5, 0.6) is 0 Å². The van der Waals surface area contributed by atoms with Crippen LogP contribution in [0.15, 0.2) is 48.8 Å². The molecule has 0 saturated carbocycles. The van der Waals surface area contributed by atoms with Gasteiger partial charge in [-0.1, -0.05) is 6.07 Å². The van der Waals surface area contributed by atoms with Gasteiger partial charge in [0.2, 0.25) is 16.0 Å². The van der Waals surface area contributed by atoms with E-state index in [0.717, 1.165) is 10.6 Å². The Kier molecular flexibility index (Phi) is 8.44. The summed E-state index contributed by atoms with van der Waals surface area (Å²) in [6, 6.07) is 9.47. The van der Waals surface area contributed by atoms with E-state index in [2.05, 4.69) is 25.6 Å². The van der Waals surface area contributed by atoms with E-state index in [1.54, 1.807) is 41.3 Å². The number of sulfonamides is 1. The van der Waals surface area contributed by atoms with E-state index in [1.165, 1.54) is 13.2 Å². The molecule has 1 aliphatic heterocycles. The second-order valence-corrected chi connectivity index (χ2v) is 11.2. The smallest absolute Gasteiger partial charge is 0.377 e. The molecule has 0 radical (unpaired) electrons. The molecular weight excluding hydrogens is 551 g/mol. The maximum absolute atomic E-state index is 13.7. The van der Waals surface area contributed by atoms with Gasteiger partial charge in [0.05, 0.1) is 25.5 Å². The number of carbonyl (C=O) groups is 1. The summed E-state index contributed by atoms with van der Waals surface area (Å²) < 4.78 is 71.4. The van der Waals surface area contributed by atoms with Crippen molar-refractivity contribution in [3.8, 4) is 0 Å². The Morgan fingerprint density at radius 3 is 2.58 bits per heavy atom. The van der Waals surface area contributed by atoms with Gasteiger partial charge in [-0.2, -0.15) is 18.2 Å². The Hall–Kier alpha value is -3.98. The first-order valence-corrected chi connectivity index (χ1v) is 14.0. The first-order chi connectivity index (χ1) is 18.8. The van der Waals surface area contributed by atoms with Gasteiger partial charge in [-0.25, -0.2) is 18.4 Å². The second-order valence-electron chi connectivity index (χ2n) is 9.15. The first kappa shape index (κ1) is 29.0. The minimum absolute atomic E-state index is 0.0555. The van der Waals surface area contributed by atoms with Gasteiger partial charge in [0, 0.05) is 49.3 Å². The van der Waals surface area contributed by atoms with Gasteiger partial charge < -0.3 is 20.3 Å². The third kappa shape index (κ3) is 6.77. The summed E-state index contributed by atoms with van der Waals surface area (Å²) in [5.74, 6) is -0.693. The molecule has 2 N–H and O–H groups in total. The number of pyridine rings is 1. The molecule has 214 valence electrons. The standard InChI is InChI=1S/C25H28F3N7O4S/c1-16-15-39-12-11-35(16)23(36)17-6-8-19(9-7-17)32-24-31-14-20(25(26,27)28)21(33-24)30-13-18-5-4-10-29-22(18)34(2)40(3,37)38/h4-10,14,16H,11-13,15H2,1-3H3,(H2,30,31,32,33). The number of anilines is 4. The van der Waals surface area contributed by atoms with Crippen molar-refractivity contribution in [2.24, 2.45) is 0 Å². The van der Waals surface area contributed by atoms with E-state index in [-0.39, 0.29) is 30.3 Å². The fourth-order valence-electron chi connectivity index (χ4n) is 3.99. The Morgan fingerprint density at radius 1 is 1.20 bits per heavy atom. The van der Waals surface area contributed by atoms with Crippen LogP contribution in [0, 0.1) is 0 Å². The first-order valence-electron chi connectivity index (χ1n) is 12.2. The van der Waals surface area contributed by atoms with Gasteiger partial charge in [0.25, 0.3) is 5.91 Å². The highest BCUT2D eigenvalue weighted by Gasteiger charge is 2.35. The van der Waals surface area contributed by atoms with E-state index < -0.39 is 27.6 Å². The summed E-state index contributed by atoms with van der Waals surface area (Å²) in [4.78, 5) is 26.4. The van der Waals surface area contributed by atoms with Crippen LogP contribution in [-0.2, 0) is 27.5 Å². The highest BCUT2D eigenvalue weighted by molar-refractivity contribution is 7.92. The van der Waals surface area contributed by atoms with Gasteiger partial charge in [-0.15, -0.1) is 0 Å². The lowest BCUT2D eigenvalue weighted by atomic mass is 10.1. The molecule has 3 heterocycles. The van der Waals surface area contributed by atoms with Crippen LogP contribution in [0.2, 0.25) is 0 Å². The Balaban J connectivity index is 1.53. The van der Waals surface area contributed by atoms with E-state index >= 15 is 0 Å². The molecule has 1 saturated heterocycles. The number of amides is 1. The number of hydrogen-bond acceptors (Lipinski definition) is 9. The van der Waals surface area contributed by atoms with Gasteiger partial charge in [-0.3, -0.25) is 9.10 Å². The summed E-state index contributed by atoms with van der Waals surface area (Å²) in [5, 5.41) is 5.49. The number of hydrogen-bond donors (Lipinski definition) is 2. The molecule has 1 amide bonds. The third-order valence-electron chi connectivity index (χ3n) is 6.22. The summed E-state index contributed by atoms with van der Waals surface area (Å²) in [5.41, 5.74) is 0.162. The Morgan fingerprint density at radius 2 is 1.93 bits per heavy atom. The molecule has 2 aromatic heterocycles. The number of benzene rings is 1. The van der Waals surface area contributed by atoms with Crippen LogP contribution in [0.1, 0.15) is 28.4 Å². The lowest BCUT2D eigenvalue weighted by Crippen LogP contribution is -2.47. The van der Waals surface area contributed by atoms with Gasteiger partial charge >= 0.3 is 6.18 Å². The normalized spacial score (nSPS) is 15.9. The number of halogens is 3. The van der Waals surface area contributed by atoms with Gasteiger partial charge in [-0.05, 0) is 37.3 Å². The number of nitrogens with zero attached hydrogens (tertiary/aromatic N) is 5. The second kappa shape index (κ2) is 11.6. The number of alkyl halides is 3. The monoisotopic (exact) mass is 579 g/mol. The average molecular weight is 580 g/mol. The highest BCUT2D eigenvalue weighted by Crippen LogP contribution is 2.34. The van der Waals surface area contributed by atoms with E-state index in [9.17, 15) is 26.4 Å². The summed E-state index contributed by atoms with van der Waals surface area (Å²) in [6.45, 7) is 3.12. The van der Waals surface area contributed by atoms with Crippen LogP contribution >= 0.6 is 0 Å². The fourth-order valence-corrected chi connectivity index (χ4v) is 4.47. The fraction of sp³-hybridized carbons (Fsp3) is 0.360. The number of aromatic nitrogens is 3. The molecule has 0 bridgehead atoms. The van der Waals surface area contributed by atoms with Crippen molar-refractivity contribution in [1.82, 2.24) is 19.9 Å². The van der Waals surface area contributed by atoms with Gasteiger partial charge in [0.1, 0.15) is 17.2 Å². The van der Waals surface area contributed by atoms with Crippen molar-refractivity contribution >= 4 is 39.2 Å². The molecule has 4 rings (SSSR count). The molecule has 40 heavy (non-hydrogen) atoms. The van der Waals surface area contributed by atoms with Crippen LogP contribution < -0.4 is 14.9 Å². The van der Waals surface area contributed by atoms with Crippen LogP contribution in [0.4, 0.5) is 36.4 Å². The lowest BCUT2D eigenvalue weighted by molar-refractivity contribution is -0.137. The molecule has 1 aromatic carbocycles. The van der Waals surface area contributed by atoms with Crippen molar-refractivity contribution in [2.45, 2.75) is 25.7 Å². The van der Waals surface area contributed by atoms with Crippen molar-refractivity contribution in [1.29, 1.82) is 0 Å². The zero-order valence-electron chi connectivity index (χ0n) is 21.9. The van der Waals surface area contributed by atoms with E-state index in [0.29, 0.717) is 42.8 Å². The molecule has 1 aliphatic rings. The van der Waals surface area contributed by atoms with E-state index in [1.807, 2.05) is 6.92 Å². The SMILES string of the molecule is CC1COCCN1C(=O)c1ccc(Nc2ncc(C(F)(F)F)c(NCc3cccnc3N(C)S(C)(=O)=O)n2)cc1. The number of nitrogens with one attached hydrogen (secondary N) is 2. The summed E-state index contributed by atoms with van der Waals surface area (Å²) in [7, 11) is -2.35. The zero-order valence-corrected chi connectivity index (χ0v) is 22.8. The highest BCUT2D eigenvalue weighted by atomic mass is 32.2. The Labute approximate surface area is 229 Å². The molecule has 1 unspecified atom stereocenters. The van der Waals surface area contributed by atoms with Crippen LogP contribution in [-0.4, -0.2) is 73.3 Å². The maximum Gasteiger partial charge on any atom is 0.421 e. The largest absolute Gasteiger partial charge is 0.421 e. The molecule has 0 spiro atoms. The summed E-state index contributed by atoms with van der Waals surface area (Å²) in [6.07, 6.45) is -1.72. The molecule has 1 atom stereocenters. The number of rotatable bonds is 8. The number of morpholine rings is 1. The summed E-state index contributed by atoms with van der Waals surface area (Å²) >= 11 is 0. The lowest BCUT2D eigenvalue weighted by Gasteiger charge is -2.33. The maximum atomic E-state index is 13.7. The topological polar surface area (TPSA) is 130 Å². The van der Waals surface area contributed by atoms with Crippen molar-refractivity contribution in [2.75, 3.05) is 48.0 Å². The predicted molar refractivity (Wildman–Crippen MR) is 143 cm³/mol. The molecule has 15 heteroatoms. The minimum Gasteiger partial charge on any atom is -0.377 e. The molecule has 3 aromatic rings. The van der Waals surface area contributed by atoms with E-state index in [4.69, 9.17) is 4.74 Å². The zero-order chi connectivity index (χ0) is 29.1. The molecule has 0 aliphatic carbocycles.